The van der Waals surface area contributed by atoms with Crippen LogP contribution in [0.3, 0.4) is 0 Å². The van der Waals surface area contributed by atoms with Crippen LogP contribution in [0.5, 0.6) is 0 Å². The lowest BCUT2D eigenvalue weighted by molar-refractivity contribution is 0.273. The fourth-order valence-corrected chi connectivity index (χ4v) is 4.47. The summed E-state index contributed by atoms with van der Waals surface area (Å²) in [5, 5.41) is 9.91. The molecule has 0 saturated heterocycles. The second kappa shape index (κ2) is 9.23. The minimum Gasteiger partial charge on any atom is -0.197 e. The first-order valence-corrected chi connectivity index (χ1v) is 10.8. The third-order valence-corrected chi connectivity index (χ3v) is 6.54. The molecule has 1 nitrogen and oxygen atoms in total. The fourth-order valence-electron chi connectivity index (χ4n) is 4.47. The number of rotatable bonds is 7. The van der Waals surface area contributed by atoms with Gasteiger partial charge in [0.1, 0.15) is 0 Å². The van der Waals surface area contributed by atoms with Crippen molar-refractivity contribution in [3.63, 3.8) is 0 Å². The van der Waals surface area contributed by atoms with Crippen LogP contribution in [0.2, 0.25) is 0 Å². The molecule has 1 fully saturated rings. The van der Waals surface area contributed by atoms with Crippen molar-refractivity contribution in [2.24, 2.45) is 5.92 Å². The van der Waals surface area contributed by atoms with E-state index < -0.39 is 0 Å². The summed E-state index contributed by atoms with van der Waals surface area (Å²) < 4.78 is 0. The van der Waals surface area contributed by atoms with E-state index in [4.69, 9.17) is 0 Å². The molecular weight excluding hydrogens is 326 g/mol. The number of unbranched alkanes of at least 4 members (excludes halogenated alkanes) is 2. The van der Waals surface area contributed by atoms with Gasteiger partial charge in [0.2, 0.25) is 0 Å². The van der Waals surface area contributed by atoms with E-state index in [0.29, 0.717) is 0 Å². The zero-order chi connectivity index (χ0) is 19.1. The lowest BCUT2D eigenvalue weighted by atomic mass is 9.67. The zero-order valence-corrected chi connectivity index (χ0v) is 17.0. The van der Waals surface area contributed by atoms with Crippen LogP contribution in [-0.2, 0) is 11.8 Å². The van der Waals surface area contributed by atoms with Crippen LogP contribution in [0.15, 0.2) is 48.5 Å². The Morgan fingerprint density at radius 3 is 2.00 bits per heavy atom. The first-order valence-electron chi connectivity index (χ1n) is 10.8. The Kier molecular flexibility index (Phi) is 6.73. The third kappa shape index (κ3) is 4.62. The Morgan fingerprint density at radius 2 is 1.48 bits per heavy atom. The Hall–Kier alpha value is -2.07. The predicted octanol–water partition coefficient (Wildman–Crippen LogP) is 7.45. The van der Waals surface area contributed by atoms with Gasteiger partial charge in [-0.05, 0) is 66.7 Å². The fraction of sp³-hybridized carbons (Fsp3) is 0.500. The number of benzene rings is 2. The van der Waals surface area contributed by atoms with Crippen LogP contribution >= 0.6 is 0 Å². The average molecular weight is 360 g/mol. The van der Waals surface area contributed by atoms with Gasteiger partial charge < -0.3 is 0 Å². The molecule has 1 saturated carbocycles. The Morgan fingerprint density at radius 1 is 0.889 bits per heavy atom. The van der Waals surface area contributed by atoms with Crippen molar-refractivity contribution in [1.82, 2.24) is 0 Å². The van der Waals surface area contributed by atoms with Gasteiger partial charge in [-0.1, -0.05) is 81.6 Å². The minimum atomic E-state index is -0.271. The highest BCUT2D eigenvalue weighted by Crippen LogP contribution is 2.42. The summed E-state index contributed by atoms with van der Waals surface area (Å²) in [7, 11) is 0. The summed E-state index contributed by atoms with van der Waals surface area (Å²) in [5.74, 6) is 0.807. The topological polar surface area (TPSA) is 23.8 Å². The minimum absolute atomic E-state index is 0.271. The number of hydrogen-bond acceptors (Lipinski definition) is 1. The van der Waals surface area contributed by atoms with E-state index in [1.54, 1.807) is 0 Å². The molecule has 0 N–H and O–H groups in total. The lowest BCUT2D eigenvalue weighted by Gasteiger charge is -2.35. The van der Waals surface area contributed by atoms with Crippen LogP contribution < -0.4 is 0 Å². The third-order valence-electron chi connectivity index (χ3n) is 6.54. The van der Waals surface area contributed by atoms with E-state index in [0.717, 1.165) is 18.8 Å². The van der Waals surface area contributed by atoms with E-state index in [9.17, 15) is 5.26 Å². The summed E-state index contributed by atoms with van der Waals surface area (Å²) in [6, 6.07) is 20.5. The molecule has 27 heavy (non-hydrogen) atoms. The van der Waals surface area contributed by atoms with E-state index in [1.165, 1.54) is 67.2 Å². The van der Waals surface area contributed by atoms with Gasteiger partial charge in [-0.15, -0.1) is 0 Å². The van der Waals surface area contributed by atoms with Crippen LogP contribution in [0.1, 0.15) is 76.3 Å². The van der Waals surface area contributed by atoms with Crippen molar-refractivity contribution in [2.75, 3.05) is 0 Å². The number of nitrogens with zero attached hydrogens (tertiary/aromatic N) is 1. The maximum atomic E-state index is 9.91. The first kappa shape index (κ1) is 19.7. The summed E-state index contributed by atoms with van der Waals surface area (Å²) in [4.78, 5) is 0. The van der Waals surface area contributed by atoms with Crippen molar-refractivity contribution in [2.45, 2.75) is 77.0 Å². The van der Waals surface area contributed by atoms with Crippen LogP contribution in [-0.4, -0.2) is 0 Å². The Bertz CT molecular complexity index is 740. The quantitative estimate of drug-likeness (QED) is 0.471. The standard InChI is InChI=1S/C26H33N/c1-3-5-6-7-22-8-10-23(11-9-22)24-12-14-25(15-13-24)26(20-27)18-16-21(4-2)17-19-26/h8-15,21H,3-7,16-19H2,1-2H3. The van der Waals surface area contributed by atoms with Crippen molar-refractivity contribution in [3.8, 4) is 17.2 Å². The molecular formula is C26H33N. The summed E-state index contributed by atoms with van der Waals surface area (Å²) in [6.45, 7) is 4.52. The molecule has 0 heterocycles. The van der Waals surface area contributed by atoms with Gasteiger partial charge in [-0.2, -0.15) is 5.26 Å². The van der Waals surface area contributed by atoms with Gasteiger partial charge in [0, 0.05) is 0 Å². The zero-order valence-electron chi connectivity index (χ0n) is 17.0. The molecule has 0 aromatic heterocycles. The van der Waals surface area contributed by atoms with Crippen molar-refractivity contribution in [1.29, 1.82) is 5.26 Å². The maximum Gasteiger partial charge on any atom is 0.0822 e. The summed E-state index contributed by atoms with van der Waals surface area (Å²) >= 11 is 0. The van der Waals surface area contributed by atoms with E-state index in [1.807, 2.05) is 0 Å². The second-order valence-corrected chi connectivity index (χ2v) is 8.28. The molecule has 3 rings (SSSR count). The molecule has 142 valence electrons. The summed E-state index contributed by atoms with van der Waals surface area (Å²) in [6.07, 6.45) is 10.7. The van der Waals surface area contributed by atoms with Crippen LogP contribution in [0.4, 0.5) is 0 Å². The van der Waals surface area contributed by atoms with Crippen LogP contribution in [0.25, 0.3) is 11.1 Å². The molecule has 2 aromatic carbocycles. The second-order valence-electron chi connectivity index (χ2n) is 8.28. The van der Waals surface area contributed by atoms with Crippen molar-refractivity contribution >= 4 is 0 Å². The summed E-state index contributed by atoms with van der Waals surface area (Å²) in [5.41, 5.74) is 4.88. The molecule has 0 aliphatic heterocycles. The van der Waals surface area contributed by atoms with Crippen LogP contribution in [0, 0.1) is 17.2 Å². The van der Waals surface area contributed by atoms with Gasteiger partial charge in [-0.25, -0.2) is 0 Å². The average Bonchev–Trinajstić information content (AvgIpc) is 2.75. The molecule has 1 aliphatic rings. The number of aryl methyl sites for hydroxylation is 1. The number of nitriles is 1. The van der Waals surface area contributed by atoms with Gasteiger partial charge in [0.25, 0.3) is 0 Å². The molecule has 2 aromatic rings. The van der Waals surface area contributed by atoms with E-state index in [-0.39, 0.29) is 5.41 Å². The maximum absolute atomic E-state index is 9.91. The Labute approximate surface area is 165 Å². The molecule has 1 aliphatic carbocycles. The molecule has 0 unspecified atom stereocenters. The smallest absolute Gasteiger partial charge is 0.0822 e. The van der Waals surface area contributed by atoms with E-state index >= 15 is 0 Å². The lowest BCUT2D eigenvalue weighted by Crippen LogP contribution is -2.30. The number of hydrogen-bond donors (Lipinski definition) is 0. The van der Waals surface area contributed by atoms with Gasteiger partial charge >= 0.3 is 0 Å². The monoisotopic (exact) mass is 359 g/mol. The molecule has 0 bridgehead atoms. The van der Waals surface area contributed by atoms with Gasteiger partial charge in [0.05, 0.1) is 11.5 Å². The molecule has 0 amide bonds. The van der Waals surface area contributed by atoms with E-state index in [2.05, 4.69) is 68.4 Å². The highest BCUT2D eigenvalue weighted by molar-refractivity contribution is 5.64. The van der Waals surface area contributed by atoms with Gasteiger partial charge in [0.15, 0.2) is 0 Å². The largest absolute Gasteiger partial charge is 0.197 e. The Balaban J connectivity index is 1.70. The van der Waals surface area contributed by atoms with Gasteiger partial charge in [-0.3, -0.25) is 0 Å². The molecule has 0 atom stereocenters. The molecule has 0 radical (unpaired) electrons. The highest BCUT2D eigenvalue weighted by Gasteiger charge is 2.36. The SMILES string of the molecule is CCCCCc1ccc(-c2ccc(C3(C#N)CCC(CC)CC3)cc2)cc1. The highest BCUT2D eigenvalue weighted by atomic mass is 14.4. The molecule has 1 heteroatoms. The predicted molar refractivity (Wildman–Crippen MR) is 115 cm³/mol. The first-order chi connectivity index (χ1) is 13.2. The van der Waals surface area contributed by atoms with Crippen molar-refractivity contribution < 1.29 is 0 Å². The van der Waals surface area contributed by atoms with Crippen molar-refractivity contribution in [3.05, 3.63) is 59.7 Å². The normalized spacial score (nSPS) is 22.3. The molecule has 0 spiro atoms.